The quantitative estimate of drug-likeness (QED) is 0.449. The number of methoxy groups -OCH3 is 2. The normalized spacial score (nSPS) is 12.5. The molecular formula is C17H24N4O5S3. The third-order valence-electron chi connectivity index (χ3n) is 3.68. The van der Waals surface area contributed by atoms with Crippen LogP contribution in [-0.2, 0) is 14.8 Å². The first-order valence-electron chi connectivity index (χ1n) is 8.59. The molecule has 0 radical (unpaired) electrons. The Bertz CT molecular complexity index is 962. The van der Waals surface area contributed by atoms with E-state index in [1.165, 1.54) is 50.3 Å². The second-order valence-corrected chi connectivity index (χ2v) is 11.0. The fourth-order valence-corrected chi connectivity index (χ4v) is 5.64. The summed E-state index contributed by atoms with van der Waals surface area (Å²) < 4.78 is 37.1. The molecule has 1 heterocycles. The molecule has 0 aliphatic carbocycles. The maximum absolute atomic E-state index is 12.7. The number of aromatic nitrogens is 2. The highest BCUT2D eigenvalue weighted by Crippen LogP contribution is 2.34. The molecular weight excluding hydrogens is 436 g/mol. The summed E-state index contributed by atoms with van der Waals surface area (Å²) in [4.78, 5) is 12.7. The Labute approximate surface area is 178 Å². The lowest BCUT2D eigenvalue weighted by Gasteiger charge is -2.28. The van der Waals surface area contributed by atoms with Gasteiger partial charge in [0.25, 0.3) is 0 Å². The number of nitrogens with zero attached hydrogens (tertiary/aromatic N) is 3. The number of carbonyl (C=O) groups is 1. The predicted octanol–water partition coefficient (Wildman–Crippen LogP) is 2.85. The highest BCUT2D eigenvalue weighted by Gasteiger charge is 2.30. The van der Waals surface area contributed by atoms with Gasteiger partial charge >= 0.3 is 0 Å². The molecule has 1 aromatic heterocycles. The molecule has 1 unspecified atom stereocenters. The van der Waals surface area contributed by atoms with Gasteiger partial charge in [-0.3, -0.25) is 14.4 Å². The van der Waals surface area contributed by atoms with Crippen LogP contribution in [0.3, 0.4) is 0 Å². The number of thioether (sulfide) groups is 1. The van der Waals surface area contributed by atoms with Crippen molar-refractivity contribution >= 4 is 49.8 Å². The maximum atomic E-state index is 12.7. The van der Waals surface area contributed by atoms with E-state index in [1.54, 1.807) is 12.1 Å². The number of hydrogen-bond acceptors (Lipinski definition) is 9. The van der Waals surface area contributed by atoms with Crippen LogP contribution in [0.5, 0.6) is 11.5 Å². The lowest BCUT2D eigenvalue weighted by Crippen LogP contribution is -2.45. The first kappa shape index (κ1) is 23.2. The third-order valence-corrected chi connectivity index (χ3v) is 6.85. The summed E-state index contributed by atoms with van der Waals surface area (Å²) in [6, 6.07) is 3.60. The SMILES string of the molecule is COc1ccc(N(C(C)C(=O)Nc2nnc(SC(C)C)s2)S(C)(=O)=O)cc1OC. The second kappa shape index (κ2) is 9.63. The number of nitrogens with one attached hydrogen (secondary N) is 1. The van der Waals surface area contributed by atoms with E-state index in [1.807, 2.05) is 13.8 Å². The summed E-state index contributed by atoms with van der Waals surface area (Å²) in [7, 11) is -0.839. The minimum atomic E-state index is -3.77. The van der Waals surface area contributed by atoms with Gasteiger partial charge in [-0.15, -0.1) is 10.2 Å². The van der Waals surface area contributed by atoms with E-state index in [9.17, 15) is 13.2 Å². The molecule has 1 atom stereocenters. The molecule has 0 saturated heterocycles. The largest absolute Gasteiger partial charge is 0.493 e. The molecule has 0 fully saturated rings. The Morgan fingerprint density at radius 2 is 1.83 bits per heavy atom. The van der Waals surface area contributed by atoms with E-state index < -0.39 is 22.0 Å². The molecule has 29 heavy (non-hydrogen) atoms. The van der Waals surface area contributed by atoms with E-state index in [0.717, 1.165) is 14.9 Å². The zero-order valence-electron chi connectivity index (χ0n) is 17.0. The van der Waals surface area contributed by atoms with Crippen LogP contribution in [0.2, 0.25) is 0 Å². The summed E-state index contributed by atoms with van der Waals surface area (Å²) in [5.41, 5.74) is 0.279. The van der Waals surface area contributed by atoms with Crippen LogP contribution in [0.1, 0.15) is 20.8 Å². The molecule has 1 aromatic carbocycles. The number of ether oxygens (including phenoxy) is 2. The lowest BCUT2D eigenvalue weighted by atomic mass is 10.2. The van der Waals surface area contributed by atoms with Crippen molar-refractivity contribution < 1.29 is 22.7 Å². The van der Waals surface area contributed by atoms with Gasteiger partial charge in [0.05, 0.1) is 26.2 Å². The summed E-state index contributed by atoms with van der Waals surface area (Å²) in [6.07, 6.45) is 1.04. The number of hydrogen-bond donors (Lipinski definition) is 1. The van der Waals surface area contributed by atoms with Gasteiger partial charge in [0.15, 0.2) is 15.8 Å². The molecule has 9 nitrogen and oxygen atoms in total. The molecule has 0 aliphatic rings. The van der Waals surface area contributed by atoms with Gasteiger partial charge < -0.3 is 9.47 Å². The Balaban J connectivity index is 2.28. The van der Waals surface area contributed by atoms with Crippen LogP contribution in [0.25, 0.3) is 0 Å². The lowest BCUT2D eigenvalue weighted by molar-refractivity contribution is -0.116. The number of anilines is 2. The predicted molar refractivity (Wildman–Crippen MR) is 116 cm³/mol. The number of carbonyl (C=O) groups excluding carboxylic acids is 1. The first-order valence-corrected chi connectivity index (χ1v) is 12.1. The zero-order valence-corrected chi connectivity index (χ0v) is 19.4. The molecule has 1 N–H and O–H groups in total. The molecule has 2 rings (SSSR count). The molecule has 12 heteroatoms. The van der Waals surface area contributed by atoms with Crippen molar-refractivity contribution in [1.82, 2.24) is 10.2 Å². The smallest absolute Gasteiger partial charge is 0.249 e. The van der Waals surface area contributed by atoms with Crippen LogP contribution in [0.15, 0.2) is 22.5 Å². The average Bonchev–Trinajstić information content (AvgIpc) is 3.06. The first-order chi connectivity index (χ1) is 13.6. The van der Waals surface area contributed by atoms with Gasteiger partial charge in [0, 0.05) is 11.3 Å². The minimum absolute atomic E-state index is 0.279. The molecule has 0 saturated carbocycles. The molecule has 0 aliphatic heterocycles. The van der Waals surface area contributed by atoms with E-state index in [2.05, 4.69) is 15.5 Å². The minimum Gasteiger partial charge on any atom is -0.493 e. The topological polar surface area (TPSA) is 111 Å². The van der Waals surface area contributed by atoms with Crippen LogP contribution >= 0.6 is 23.1 Å². The fourth-order valence-electron chi connectivity index (χ4n) is 2.49. The van der Waals surface area contributed by atoms with E-state index >= 15 is 0 Å². The standard InChI is InChI=1S/C17H24N4O5S3/c1-10(2)27-17-20-19-16(28-17)18-15(22)11(3)21(29(6,23)24)12-7-8-13(25-4)14(9-12)26-5/h7-11H,1-6H3,(H,18,19,22). The van der Waals surface area contributed by atoms with Gasteiger partial charge in [-0.2, -0.15) is 0 Å². The van der Waals surface area contributed by atoms with Gasteiger partial charge in [-0.25, -0.2) is 8.42 Å². The molecule has 1 amide bonds. The number of benzene rings is 1. The van der Waals surface area contributed by atoms with Crippen molar-refractivity contribution in [2.75, 3.05) is 30.1 Å². The van der Waals surface area contributed by atoms with E-state index in [4.69, 9.17) is 9.47 Å². The van der Waals surface area contributed by atoms with Crippen molar-refractivity contribution in [3.63, 3.8) is 0 Å². The monoisotopic (exact) mass is 460 g/mol. The Kier molecular flexibility index (Phi) is 7.72. The maximum Gasteiger partial charge on any atom is 0.249 e. The summed E-state index contributed by atoms with van der Waals surface area (Å²) in [6.45, 7) is 5.55. The zero-order chi connectivity index (χ0) is 21.8. The van der Waals surface area contributed by atoms with Crippen LogP contribution < -0.4 is 19.1 Å². The summed E-state index contributed by atoms with van der Waals surface area (Å²) in [5.74, 6) is 0.277. The fraction of sp³-hybridized carbons (Fsp3) is 0.471. The van der Waals surface area contributed by atoms with Gasteiger partial charge in [-0.1, -0.05) is 36.9 Å². The average molecular weight is 461 g/mol. The molecule has 0 bridgehead atoms. The van der Waals surface area contributed by atoms with Gasteiger partial charge in [-0.05, 0) is 19.1 Å². The Morgan fingerprint density at radius 1 is 1.17 bits per heavy atom. The van der Waals surface area contributed by atoms with Crippen molar-refractivity contribution in [3.8, 4) is 11.5 Å². The third kappa shape index (κ3) is 5.97. The van der Waals surface area contributed by atoms with Crippen molar-refractivity contribution in [2.24, 2.45) is 0 Å². The summed E-state index contributed by atoms with van der Waals surface area (Å²) in [5, 5.41) is 11.2. The molecule has 2 aromatic rings. The van der Waals surface area contributed by atoms with Crippen LogP contribution in [0.4, 0.5) is 10.8 Å². The number of rotatable bonds is 9. The van der Waals surface area contributed by atoms with Crippen molar-refractivity contribution in [2.45, 2.75) is 36.4 Å². The molecule has 0 spiro atoms. The van der Waals surface area contributed by atoms with Crippen LogP contribution in [0, 0.1) is 0 Å². The van der Waals surface area contributed by atoms with E-state index in [0.29, 0.717) is 21.9 Å². The number of amides is 1. The Morgan fingerprint density at radius 3 is 2.38 bits per heavy atom. The second-order valence-electron chi connectivity index (χ2n) is 6.30. The van der Waals surface area contributed by atoms with Gasteiger partial charge in [0.2, 0.25) is 21.1 Å². The van der Waals surface area contributed by atoms with Crippen molar-refractivity contribution in [1.29, 1.82) is 0 Å². The highest BCUT2D eigenvalue weighted by molar-refractivity contribution is 8.01. The van der Waals surface area contributed by atoms with E-state index in [-0.39, 0.29) is 5.69 Å². The molecule has 160 valence electrons. The van der Waals surface area contributed by atoms with Gasteiger partial charge in [0.1, 0.15) is 6.04 Å². The van der Waals surface area contributed by atoms with Crippen LogP contribution in [-0.4, -0.2) is 56.3 Å². The summed E-state index contributed by atoms with van der Waals surface area (Å²) >= 11 is 2.77. The number of sulfonamides is 1. The Hall–Kier alpha value is -2.05. The highest BCUT2D eigenvalue weighted by atomic mass is 32.2. The van der Waals surface area contributed by atoms with Crippen molar-refractivity contribution in [3.05, 3.63) is 18.2 Å².